The highest BCUT2D eigenvalue weighted by atomic mass is 32.2. The van der Waals surface area contributed by atoms with Crippen molar-refractivity contribution in [1.29, 1.82) is 0 Å². The third kappa shape index (κ3) is 6.42. The van der Waals surface area contributed by atoms with Crippen LogP contribution < -0.4 is 5.32 Å². The molecule has 2 aromatic rings. The van der Waals surface area contributed by atoms with Crippen molar-refractivity contribution in [2.75, 3.05) is 18.2 Å². The average Bonchev–Trinajstić information content (AvgIpc) is 2.68. The van der Waals surface area contributed by atoms with Crippen LogP contribution in [0.25, 0.3) is 0 Å². The quantitative estimate of drug-likeness (QED) is 0.658. The third-order valence-electron chi connectivity index (χ3n) is 4.79. The van der Waals surface area contributed by atoms with E-state index >= 15 is 0 Å². The van der Waals surface area contributed by atoms with E-state index in [4.69, 9.17) is 0 Å². The number of carbonyl (C=O) groups excluding carboxylic acids is 2. The molecule has 1 N–H and O–H groups in total. The Morgan fingerprint density at radius 3 is 2.45 bits per heavy atom. The number of anilines is 1. The van der Waals surface area contributed by atoms with Gasteiger partial charge in [-0.3, -0.25) is 9.59 Å². The molecule has 1 unspecified atom stereocenters. The van der Waals surface area contributed by atoms with Gasteiger partial charge < -0.3 is 10.1 Å². The van der Waals surface area contributed by atoms with Crippen LogP contribution in [0.5, 0.6) is 0 Å². The maximum absolute atomic E-state index is 12.7. The van der Waals surface area contributed by atoms with E-state index < -0.39 is 9.84 Å². The number of sulfone groups is 1. The second kappa shape index (κ2) is 9.69. The molecule has 0 aliphatic rings. The summed E-state index contributed by atoms with van der Waals surface area (Å²) >= 11 is 0. The first kappa shape index (κ1) is 22.6. The predicted molar refractivity (Wildman–Crippen MR) is 113 cm³/mol. The van der Waals surface area contributed by atoms with E-state index in [1.54, 1.807) is 19.1 Å². The summed E-state index contributed by atoms with van der Waals surface area (Å²) in [6.45, 7) is 5.72. The van der Waals surface area contributed by atoms with Crippen molar-refractivity contribution in [1.82, 2.24) is 0 Å². The number of rotatable bonds is 8. The van der Waals surface area contributed by atoms with Crippen LogP contribution in [0.3, 0.4) is 0 Å². The Morgan fingerprint density at radius 1 is 1.07 bits per heavy atom. The first-order chi connectivity index (χ1) is 13.6. The summed E-state index contributed by atoms with van der Waals surface area (Å²) in [4.78, 5) is 23.9. The number of nitrogens with one attached hydrogen (secondary N) is 1. The zero-order chi connectivity index (χ0) is 21.6. The Kier molecular flexibility index (Phi) is 7.56. The SMILES string of the molecule is COC(=O)CCC(C)CS(=O)(=O)c1cccc(C(=O)Nc2ccc(C)c(C)c2)c1. The van der Waals surface area contributed by atoms with Gasteiger partial charge in [-0.2, -0.15) is 0 Å². The van der Waals surface area contributed by atoms with E-state index in [0.29, 0.717) is 12.1 Å². The van der Waals surface area contributed by atoms with Gasteiger partial charge in [0.2, 0.25) is 0 Å². The molecule has 0 aliphatic carbocycles. The van der Waals surface area contributed by atoms with Gasteiger partial charge in [0.05, 0.1) is 17.8 Å². The van der Waals surface area contributed by atoms with Crippen molar-refractivity contribution in [3.05, 3.63) is 59.2 Å². The summed E-state index contributed by atoms with van der Waals surface area (Å²) in [5.74, 6) is -1.05. The molecule has 1 atom stereocenters. The number of hydrogen-bond donors (Lipinski definition) is 1. The van der Waals surface area contributed by atoms with E-state index in [9.17, 15) is 18.0 Å². The maximum Gasteiger partial charge on any atom is 0.305 e. The lowest BCUT2D eigenvalue weighted by molar-refractivity contribution is -0.140. The maximum atomic E-state index is 12.7. The Labute approximate surface area is 172 Å². The van der Waals surface area contributed by atoms with Crippen LogP contribution >= 0.6 is 0 Å². The molecule has 0 aliphatic heterocycles. The van der Waals surface area contributed by atoms with Gasteiger partial charge in [-0.15, -0.1) is 0 Å². The Morgan fingerprint density at radius 2 is 1.79 bits per heavy atom. The number of hydrogen-bond acceptors (Lipinski definition) is 5. The number of methoxy groups -OCH3 is 1. The molecule has 0 spiro atoms. The molecule has 0 fully saturated rings. The fourth-order valence-electron chi connectivity index (χ4n) is 2.87. The fourth-order valence-corrected chi connectivity index (χ4v) is 4.57. The molecule has 7 heteroatoms. The molecule has 2 rings (SSSR count). The van der Waals surface area contributed by atoms with E-state index in [0.717, 1.165) is 11.1 Å². The van der Waals surface area contributed by atoms with Crippen LogP contribution in [0.15, 0.2) is 47.4 Å². The van der Waals surface area contributed by atoms with Crippen LogP contribution in [-0.2, 0) is 19.4 Å². The lowest BCUT2D eigenvalue weighted by atomic mass is 10.1. The molecule has 0 radical (unpaired) electrons. The number of amides is 1. The highest BCUT2D eigenvalue weighted by molar-refractivity contribution is 7.91. The smallest absolute Gasteiger partial charge is 0.305 e. The van der Waals surface area contributed by atoms with Gasteiger partial charge >= 0.3 is 5.97 Å². The number of esters is 1. The Balaban J connectivity index is 2.11. The van der Waals surface area contributed by atoms with E-state index in [1.807, 2.05) is 32.0 Å². The molecular weight excluding hydrogens is 390 g/mol. The first-order valence-electron chi connectivity index (χ1n) is 9.40. The highest BCUT2D eigenvalue weighted by Gasteiger charge is 2.21. The van der Waals surface area contributed by atoms with Crippen molar-refractivity contribution in [2.45, 2.75) is 38.5 Å². The molecule has 0 saturated carbocycles. The summed E-state index contributed by atoms with van der Waals surface area (Å²) in [5.41, 5.74) is 3.10. The number of aryl methyl sites for hydroxylation is 2. The summed E-state index contributed by atoms with van der Waals surface area (Å²) in [6, 6.07) is 11.6. The van der Waals surface area contributed by atoms with Gasteiger partial charge in [0.25, 0.3) is 5.91 Å². The van der Waals surface area contributed by atoms with Crippen LogP contribution in [0.1, 0.15) is 41.3 Å². The standard InChI is InChI=1S/C22H27NO5S/c1-15(8-11-21(24)28-4)14-29(26,27)20-7-5-6-18(13-20)22(25)23-19-10-9-16(2)17(3)12-19/h5-7,9-10,12-13,15H,8,11,14H2,1-4H3,(H,23,25). The molecule has 0 bridgehead atoms. The van der Waals surface area contributed by atoms with Crippen molar-refractivity contribution >= 4 is 27.4 Å². The molecular formula is C22H27NO5S. The van der Waals surface area contributed by atoms with Crippen molar-refractivity contribution in [2.24, 2.45) is 5.92 Å². The number of carbonyl (C=O) groups is 2. The minimum Gasteiger partial charge on any atom is -0.469 e. The van der Waals surface area contributed by atoms with Crippen LogP contribution in [-0.4, -0.2) is 33.2 Å². The van der Waals surface area contributed by atoms with E-state index in [2.05, 4.69) is 10.1 Å². The first-order valence-corrected chi connectivity index (χ1v) is 11.1. The Hall–Kier alpha value is -2.67. The van der Waals surface area contributed by atoms with Gasteiger partial charge in [0, 0.05) is 17.7 Å². The monoisotopic (exact) mass is 417 g/mol. The summed E-state index contributed by atoms with van der Waals surface area (Å²) in [6.07, 6.45) is 0.588. The van der Waals surface area contributed by atoms with Gasteiger partial charge in [-0.05, 0) is 67.6 Å². The minimum atomic E-state index is -3.59. The summed E-state index contributed by atoms with van der Waals surface area (Å²) < 4.78 is 30.0. The van der Waals surface area contributed by atoms with Gasteiger partial charge in [0.1, 0.15) is 0 Å². The zero-order valence-corrected chi connectivity index (χ0v) is 18.0. The van der Waals surface area contributed by atoms with Crippen LogP contribution in [0.4, 0.5) is 5.69 Å². The second-order valence-corrected chi connectivity index (χ2v) is 9.32. The average molecular weight is 418 g/mol. The lowest BCUT2D eigenvalue weighted by Crippen LogP contribution is -2.17. The molecule has 156 valence electrons. The van der Waals surface area contributed by atoms with E-state index in [1.165, 1.54) is 19.2 Å². The molecule has 29 heavy (non-hydrogen) atoms. The fraction of sp³-hybridized carbons (Fsp3) is 0.364. The topological polar surface area (TPSA) is 89.5 Å². The predicted octanol–water partition coefficient (Wildman–Crippen LogP) is 3.92. The molecule has 6 nitrogen and oxygen atoms in total. The summed E-state index contributed by atoms with van der Waals surface area (Å²) in [7, 11) is -2.28. The Bertz CT molecular complexity index is 998. The highest BCUT2D eigenvalue weighted by Crippen LogP contribution is 2.20. The van der Waals surface area contributed by atoms with E-state index in [-0.39, 0.29) is 40.4 Å². The summed E-state index contributed by atoms with van der Waals surface area (Å²) in [5, 5.41) is 2.80. The molecule has 1 amide bonds. The molecule has 0 saturated heterocycles. The number of benzene rings is 2. The van der Waals surface area contributed by atoms with Crippen molar-refractivity contribution < 1.29 is 22.7 Å². The largest absolute Gasteiger partial charge is 0.469 e. The van der Waals surface area contributed by atoms with Gasteiger partial charge in [0.15, 0.2) is 9.84 Å². The zero-order valence-electron chi connectivity index (χ0n) is 17.2. The van der Waals surface area contributed by atoms with Gasteiger partial charge in [-0.1, -0.05) is 19.1 Å². The van der Waals surface area contributed by atoms with Gasteiger partial charge in [-0.25, -0.2) is 8.42 Å². The van der Waals surface area contributed by atoms with Crippen LogP contribution in [0.2, 0.25) is 0 Å². The lowest BCUT2D eigenvalue weighted by Gasteiger charge is -2.12. The van der Waals surface area contributed by atoms with Crippen molar-refractivity contribution in [3.63, 3.8) is 0 Å². The number of ether oxygens (including phenoxy) is 1. The van der Waals surface area contributed by atoms with Crippen LogP contribution in [0, 0.1) is 19.8 Å². The molecule has 0 aromatic heterocycles. The molecule has 2 aromatic carbocycles. The molecule has 0 heterocycles. The van der Waals surface area contributed by atoms with Crippen molar-refractivity contribution in [3.8, 4) is 0 Å². The minimum absolute atomic E-state index is 0.0927. The normalized spacial score (nSPS) is 12.3. The second-order valence-electron chi connectivity index (χ2n) is 7.28. The third-order valence-corrected chi connectivity index (χ3v) is 6.77.